The zero-order valence-corrected chi connectivity index (χ0v) is 9.30. The summed E-state index contributed by atoms with van der Waals surface area (Å²) < 4.78 is 0. The minimum absolute atomic E-state index is 0.213. The second-order valence-electron chi connectivity index (χ2n) is 4.02. The average Bonchev–Trinajstić information content (AvgIpc) is 2.71. The molecule has 0 N–H and O–H groups in total. The maximum Gasteiger partial charge on any atom is 0.246 e. The van der Waals surface area contributed by atoms with Crippen molar-refractivity contribution in [3.63, 3.8) is 0 Å². The number of likely N-dealkylation sites (tertiary alicyclic amines) is 1. The first-order valence-corrected chi connectivity index (χ1v) is 5.50. The van der Waals surface area contributed by atoms with Crippen LogP contribution in [0.3, 0.4) is 0 Å². The van der Waals surface area contributed by atoms with E-state index in [1.54, 1.807) is 0 Å². The molecular weight excluding hydrogens is 216 g/mol. The second kappa shape index (κ2) is 4.79. The number of carbonyl (C=O) groups excluding carboxylic acids is 2. The molecule has 4 nitrogen and oxygen atoms in total. The van der Waals surface area contributed by atoms with Gasteiger partial charge in [-0.25, -0.2) is 0 Å². The van der Waals surface area contributed by atoms with Gasteiger partial charge in [0, 0.05) is 6.54 Å². The van der Waals surface area contributed by atoms with E-state index in [1.165, 1.54) is 4.90 Å². The zero-order valence-electron chi connectivity index (χ0n) is 9.30. The van der Waals surface area contributed by atoms with E-state index < -0.39 is 5.92 Å². The van der Waals surface area contributed by atoms with Crippen molar-refractivity contribution in [2.75, 3.05) is 6.54 Å². The molecule has 1 aliphatic rings. The van der Waals surface area contributed by atoms with Gasteiger partial charge in [0.05, 0.1) is 12.5 Å². The SMILES string of the molecule is N#C[C@H]1CCN(C(=O)Cc2ccccc2)C1=O. The first-order valence-electron chi connectivity index (χ1n) is 5.50. The first kappa shape index (κ1) is 11.3. The Balaban J connectivity index is 2.03. The van der Waals surface area contributed by atoms with Gasteiger partial charge in [0.2, 0.25) is 11.8 Å². The summed E-state index contributed by atoms with van der Waals surface area (Å²) in [6.45, 7) is 0.364. The summed E-state index contributed by atoms with van der Waals surface area (Å²) in [4.78, 5) is 24.7. The number of rotatable bonds is 2. The van der Waals surface area contributed by atoms with E-state index in [9.17, 15) is 9.59 Å². The Kier molecular flexibility index (Phi) is 3.20. The molecule has 1 aromatic carbocycles. The van der Waals surface area contributed by atoms with Crippen LogP contribution in [0.4, 0.5) is 0 Å². The molecule has 1 heterocycles. The van der Waals surface area contributed by atoms with E-state index in [0.29, 0.717) is 13.0 Å². The van der Waals surface area contributed by atoms with Gasteiger partial charge in [0.25, 0.3) is 0 Å². The molecule has 1 saturated heterocycles. The van der Waals surface area contributed by atoms with Gasteiger partial charge in [-0.3, -0.25) is 14.5 Å². The highest BCUT2D eigenvalue weighted by molar-refractivity contribution is 5.99. The molecule has 0 spiro atoms. The third-order valence-corrected chi connectivity index (χ3v) is 2.86. The second-order valence-corrected chi connectivity index (χ2v) is 4.02. The molecule has 0 radical (unpaired) electrons. The van der Waals surface area contributed by atoms with Crippen LogP contribution in [-0.4, -0.2) is 23.3 Å². The number of hydrogen-bond donors (Lipinski definition) is 0. The summed E-state index contributed by atoms with van der Waals surface area (Å²) >= 11 is 0. The van der Waals surface area contributed by atoms with Gasteiger partial charge in [-0.2, -0.15) is 5.26 Å². The molecule has 4 heteroatoms. The third-order valence-electron chi connectivity index (χ3n) is 2.86. The molecule has 2 rings (SSSR count). The van der Waals surface area contributed by atoms with Crippen molar-refractivity contribution in [2.45, 2.75) is 12.8 Å². The van der Waals surface area contributed by atoms with E-state index in [0.717, 1.165) is 5.56 Å². The van der Waals surface area contributed by atoms with Crippen molar-refractivity contribution in [3.8, 4) is 6.07 Å². The quantitative estimate of drug-likeness (QED) is 0.762. The van der Waals surface area contributed by atoms with Crippen molar-refractivity contribution >= 4 is 11.8 Å². The molecule has 1 atom stereocenters. The molecule has 0 unspecified atom stereocenters. The lowest BCUT2D eigenvalue weighted by atomic mass is 10.1. The fourth-order valence-corrected chi connectivity index (χ4v) is 1.91. The van der Waals surface area contributed by atoms with Crippen LogP contribution < -0.4 is 0 Å². The van der Waals surface area contributed by atoms with Gasteiger partial charge in [0.1, 0.15) is 5.92 Å². The number of nitrogens with zero attached hydrogens (tertiary/aromatic N) is 2. The third kappa shape index (κ3) is 2.34. The van der Waals surface area contributed by atoms with E-state index in [4.69, 9.17) is 5.26 Å². The number of hydrogen-bond acceptors (Lipinski definition) is 3. The number of amides is 2. The van der Waals surface area contributed by atoms with Crippen LogP contribution in [0.15, 0.2) is 30.3 Å². The van der Waals surface area contributed by atoms with E-state index in [-0.39, 0.29) is 18.2 Å². The molecular formula is C13H12N2O2. The minimum atomic E-state index is -0.644. The molecule has 1 aliphatic heterocycles. The van der Waals surface area contributed by atoms with Crippen molar-refractivity contribution in [2.24, 2.45) is 5.92 Å². The Morgan fingerprint density at radius 1 is 1.41 bits per heavy atom. The van der Waals surface area contributed by atoms with Crippen LogP contribution in [0.2, 0.25) is 0 Å². The van der Waals surface area contributed by atoms with E-state index in [2.05, 4.69) is 0 Å². The predicted molar refractivity (Wildman–Crippen MR) is 60.6 cm³/mol. The lowest BCUT2D eigenvalue weighted by Gasteiger charge is -2.13. The van der Waals surface area contributed by atoms with Gasteiger partial charge in [-0.15, -0.1) is 0 Å². The number of carbonyl (C=O) groups is 2. The highest BCUT2D eigenvalue weighted by atomic mass is 16.2. The summed E-state index contributed by atoms with van der Waals surface area (Å²) in [6.07, 6.45) is 0.667. The Morgan fingerprint density at radius 3 is 2.71 bits per heavy atom. The lowest BCUT2D eigenvalue weighted by molar-refractivity contribution is -0.142. The summed E-state index contributed by atoms with van der Waals surface area (Å²) in [6, 6.07) is 11.2. The molecule has 0 aromatic heterocycles. The van der Waals surface area contributed by atoms with Crippen LogP contribution >= 0.6 is 0 Å². The van der Waals surface area contributed by atoms with Crippen LogP contribution in [-0.2, 0) is 16.0 Å². The Hall–Kier alpha value is -2.15. The maximum atomic E-state index is 11.9. The first-order chi connectivity index (χ1) is 8.22. The van der Waals surface area contributed by atoms with E-state index >= 15 is 0 Å². The molecule has 0 saturated carbocycles. The molecule has 0 bridgehead atoms. The highest BCUT2D eigenvalue weighted by Gasteiger charge is 2.35. The van der Waals surface area contributed by atoms with Crippen LogP contribution in [0.1, 0.15) is 12.0 Å². The Morgan fingerprint density at radius 2 is 2.12 bits per heavy atom. The minimum Gasteiger partial charge on any atom is -0.281 e. The summed E-state index contributed by atoms with van der Waals surface area (Å²) in [5, 5.41) is 8.72. The molecule has 86 valence electrons. The molecule has 1 aromatic rings. The highest BCUT2D eigenvalue weighted by Crippen LogP contribution is 2.18. The summed E-state index contributed by atoms with van der Waals surface area (Å²) in [5.74, 6) is -1.22. The van der Waals surface area contributed by atoms with Gasteiger partial charge in [0.15, 0.2) is 0 Å². The zero-order chi connectivity index (χ0) is 12.3. The van der Waals surface area contributed by atoms with Crippen LogP contribution in [0.5, 0.6) is 0 Å². The standard InChI is InChI=1S/C13H12N2O2/c14-9-11-6-7-15(13(11)17)12(16)8-10-4-2-1-3-5-10/h1-5,11H,6-8H2/t11-/m1/s1. The van der Waals surface area contributed by atoms with Gasteiger partial charge in [-0.1, -0.05) is 30.3 Å². The lowest BCUT2D eigenvalue weighted by Crippen LogP contribution is -2.34. The fraction of sp³-hybridized carbons (Fsp3) is 0.308. The van der Waals surface area contributed by atoms with Crippen molar-refractivity contribution in [1.82, 2.24) is 4.90 Å². The van der Waals surface area contributed by atoms with E-state index in [1.807, 2.05) is 36.4 Å². The van der Waals surface area contributed by atoms with Gasteiger partial charge in [-0.05, 0) is 12.0 Å². The predicted octanol–water partition coefficient (Wildman–Crippen LogP) is 1.13. The summed E-state index contributed by atoms with van der Waals surface area (Å²) in [5.41, 5.74) is 0.880. The van der Waals surface area contributed by atoms with Crippen molar-refractivity contribution in [3.05, 3.63) is 35.9 Å². The maximum absolute atomic E-state index is 11.9. The summed E-state index contributed by atoms with van der Waals surface area (Å²) in [7, 11) is 0. The monoisotopic (exact) mass is 228 g/mol. The van der Waals surface area contributed by atoms with Crippen LogP contribution in [0.25, 0.3) is 0 Å². The molecule has 1 fully saturated rings. The average molecular weight is 228 g/mol. The van der Waals surface area contributed by atoms with Crippen molar-refractivity contribution in [1.29, 1.82) is 5.26 Å². The van der Waals surface area contributed by atoms with Gasteiger partial charge >= 0.3 is 0 Å². The topological polar surface area (TPSA) is 61.2 Å². The number of benzene rings is 1. The Bertz CT molecular complexity index is 476. The molecule has 0 aliphatic carbocycles. The Labute approximate surface area is 99.5 Å². The number of nitriles is 1. The normalized spacial score (nSPS) is 19.1. The van der Waals surface area contributed by atoms with Gasteiger partial charge < -0.3 is 0 Å². The molecule has 2 amide bonds. The van der Waals surface area contributed by atoms with Crippen molar-refractivity contribution < 1.29 is 9.59 Å². The smallest absolute Gasteiger partial charge is 0.246 e. The largest absolute Gasteiger partial charge is 0.281 e. The number of imide groups is 1. The van der Waals surface area contributed by atoms with Crippen LogP contribution in [0, 0.1) is 17.2 Å². The molecule has 17 heavy (non-hydrogen) atoms. The fourth-order valence-electron chi connectivity index (χ4n) is 1.91.